The molecule has 0 radical (unpaired) electrons. The van der Waals surface area contributed by atoms with Crippen molar-refractivity contribution in [3.05, 3.63) is 35.6 Å². The summed E-state index contributed by atoms with van der Waals surface area (Å²) in [4.78, 5) is 11.6. The number of nitrogens with one attached hydrogen (secondary N) is 2. The van der Waals surface area contributed by atoms with Crippen molar-refractivity contribution in [3.63, 3.8) is 0 Å². The van der Waals surface area contributed by atoms with Crippen molar-refractivity contribution in [2.75, 3.05) is 6.54 Å². The Morgan fingerprint density at radius 1 is 1.50 bits per heavy atom. The summed E-state index contributed by atoms with van der Waals surface area (Å²) < 4.78 is 13.6. The molecule has 1 fully saturated rings. The molecule has 0 saturated heterocycles. The normalized spacial score (nSPS) is 22.1. The zero-order valence-corrected chi connectivity index (χ0v) is 11.6. The van der Waals surface area contributed by atoms with E-state index < -0.39 is 6.10 Å². The smallest absolute Gasteiger partial charge is 0.315 e. The highest BCUT2D eigenvalue weighted by atomic mass is 19.1. The molecule has 0 bridgehead atoms. The Morgan fingerprint density at radius 2 is 2.25 bits per heavy atom. The summed E-state index contributed by atoms with van der Waals surface area (Å²) in [6.07, 6.45) is 1.79. The van der Waals surface area contributed by atoms with Gasteiger partial charge in [0.15, 0.2) is 0 Å². The summed E-state index contributed by atoms with van der Waals surface area (Å²) >= 11 is 0. The lowest BCUT2D eigenvalue weighted by atomic mass is 10.1. The molecule has 1 aromatic rings. The first-order valence-corrected chi connectivity index (χ1v) is 7.08. The van der Waals surface area contributed by atoms with E-state index in [1.54, 1.807) is 18.2 Å². The largest absolute Gasteiger partial charge is 0.391 e. The summed E-state index contributed by atoms with van der Waals surface area (Å²) in [6.45, 7) is 2.23. The number of aliphatic hydroxyl groups is 1. The first kappa shape index (κ1) is 14.8. The Balaban J connectivity index is 1.74. The molecule has 110 valence electrons. The lowest BCUT2D eigenvalue weighted by Gasteiger charge is -2.11. The Labute approximate surface area is 118 Å². The van der Waals surface area contributed by atoms with Gasteiger partial charge in [-0.25, -0.2) is 9.18 Å². The monoisotopic (exact) mass is 280 g/mol. The summed E-state index contributed by atoms with van der Waals surface area (Å²) in [5, 5.41) is 15.0. The Kier molecular flexibility index (Phi) is 4.95. The number of benzene rings is 1. The van der Waals surface area contributed by atoms with E-state index in [0.29, 0.717) is 12.0 Å². The van der Waals surface area contributed by atoms with Crippen LogP contribution in [0.25, 0.3) is 0 Å². The van der Waals surface area contributed by atoms with Crippen molar-refractivity contribution in [2.24, 2.45) is 0 Å². The first-order chi connectivity index (χ1) is 9.61. The SMILES string of the molecule is CCCC(O)CNC(=O)NC1CC1c1ccccc1F. The van der Waals surface area contributed by atoms with E-state index in [0.717, 1.165) is 12.8 Å². The van der Waals surface area contributed by atoms with Crippen LogP contribution in [0.4, 0.5) is 9.18 Å². The van der Waals surface area contributed by atoms with Gasteiger partial charge in [-0.3, -0.25) is 0 Å². The molecule has 1 aromatic carbocycles. The molecular weight excluding hydrogens is 259 g/mol. The number of halogens is 1. The molecule has 2 rings (SSSR count). The summed E-state index contributed by atoms with van der Waals surface area (Å²) in [7, 11) is 0. The predicted molar refractivity (Wildman–Crippen MR) is 75.0 cm³/mol. The number of carbonyl (C=O) groups excluding carboxylic acids is 1. The molecule has 20 heavy (non-hydrogen) atoms. The second-order valence-corrected chi connectivity index (χ2v) is 5.27. The van der Waals surface area contributed by atoms with Crippen LogP contribution in [-0.4, -0.2) is 29.8 Å². The highest BCUT2D eigenvalue weighted by Gasteiger charge is 2.40. The molecule has 1 saturated carbocycles. The van der Waals surface area contributed by atoms with Gasteiger partial charge in [-0.1, -0.05) is 31.5 Å². The number of amides is 2. The van der Waals surface area contributed by atoms with Crippen molar-refractivity contribution in [3.8, 4) is 0 Å². The number of carbonyl (C=O) groups is 1. The number of aliphatic hydroxyl groups excluding tert-OH is 1. The molecule has 1 aliphatic carbocycles. The molecule has 5 heteroatoms. The van der Waals surface area contributed by atoms with Gasteiger partial charge < -0.3 is 15.7 Å². The van der Waals surface area contributed by atoms with Gasteiger partial charge >= 0.3 is 6.03 Å². The lowest BCUT2D eigenvalue weighted by Crippen LogP contribution is -2.41. The zero-order valence-electron chi connectivity index (χ0n) is 11.6. The van der Waals surface area contributed by atoms with Gasteiger partial charge in [0.05, 0.1) is 6.10 Å². The standard InChI is InChI=1S/C15H21FN2O2/c1-2-5-10(19)9-17-15(20)18-14-8-12(14)11-6-3-4-7-13(11)16/h3-4,6-7,10,12,14,19H,2,5,8-9H2,1H3,(H2,17,18,20). The molecule has 3 atom stereocenters. The van der Waals surface area contributed by atoms with Gasteiger partial charge in [0.25, 0.3) is 0 Å². The van der Waals surface area contributed by atoms with Crippen LogP contribution in [0.5, 0.6) is 0 Å². The lowest BCUT2D eigenvalue weighted by molar-refractivity contribution is 0.160. The fourth-order valence-electron chi connectivity index (χ4n) is 2.34. The molecule has 1 aliphatic rings. The summed E-state index contributed by atoms with van der Waals surface area (Å²) in [5.41, 5.74) is 0.656. The predicted octanol–water partition coefficient (Wildman–Crippen LogP) is 2.14. The molecule has 0 aromatic heterocycles. The minimum atomic E-state index is -0.507. The number of hydrogen-bond donors (Lipinski definition) is 3. The van der Waals surface area contributed by atoms with E-state index in [-0.39, 0.29) is 30.4 Å². The van der Waals surface area contributed by atoms with Crippen molar-refractivity contribution in [2.45, 2.75) is 44.2 Å². The van der Waals surface area contributed by atoms with Crippen LogP contribution in [0.15, 0.2) is 24.3 Å². The number of rotatable bonds is 6. The van der Waals surface area contributed by atoms with Crippen LogP contribution in [-0.2, 0) is 0 Å². The van der Waals surface area contributed by atoms with E-state index >= 15 is 0 Å². The maximum Gasteiger partial charge on any atom is 0.315 e. The maximum absolute atomic E-state index is 13.6. The summed E-state index contributed by atoms with van der Waals surface area (Å²) in [6, 6.07) is 6.33. The average molecular weight is 280 g/mol. The van der Waals surface area contributed by atoms with Gasteiger partial charge in [-0.15, -0.1) is 0 Å². The van der Waals surface area contributed by atoms with Crippen molar-refractivity contribution < 1.29 is 14.3 Å². The first-order valence-electron chi connectivity index (χ1n) is 7.08. The van der Waals surface area contributed by atoms with Gasteiger partial charge in [-0.05, 0) is 24.5 Å². The Bertz CT molecular complexity index is 467. The van der Waals surface area contributed by atoms with E-state index in [4.69, 9.17) is 0 Å². The van der Waals surface area contributed by atoms with Crippen molar-refractivity contribution >= 4 is 6.03 Å². The fourth-order valence-corrected chi connectivity index (χ4v) is 2.34. The van der Waals surface area contributed by atoms with Gasteiger partial charge in [-0.2, -0.15) is 0 Å². The van der Waals surface area contributed by atoms with Gasteiger partial charge in [0.1, 0.15) is 5.82 Å². The number of urea groups is 1. The molecule has 2 amide bonds. The second-order valence-electron chi connectivity index (χ2n) is 5.27. The highest BCUT2D eigenvalue weighted by Crippen LogP contribution is 2.41. The maximum atomic E-state index is 13.6. The Hall–Kier alpha value is -1.62. The minimum absolute atomic E-state index is 0.0183. The zero-order chi connectivity index (χ0) is 14.5. The average Bonchev–Trinajstić information content (AvgIpc) is 3.16. The van der Waals surface area contributed by atoms with Crippen LogP contribution in [0.3, 0.4) is 0 Å². The summed E-state index contributed by atoms with van der Waals surface area (Å²) in [5.74, 6) is -0.164. The van der Waals surface area contributed by atoms with Crippen LogP contribution < -0.4 is 10.6 Å². The third-order valence-corrected chi connectivity index (χ3v) is 3.53. The van der Waals surface area contributed by atoms with Gasteiger partial charge in [0.2, 0.25) is 0 Å². The van der Waals surface area contributed by atoms with Crippen molar-refractivity contribution in [1.29, 1.82) is 0 Å². The highest BCUT2D eigenvalue weighted by molar-refractivity contribution is 5.74. The molecule has 0 spiro atoms. The van der Waals surface area contributed by atoms with E-state index in [1.165, 1.54) is 6.07 Å². The molecule has 0 aliphatic heterocycles. The second kappa shape index (κ2) is 6.70. The van der Waals surface area contributed by atoms with Crippen molar-refractivity contribution in [1.82, 2.24) is 10.6 Å². The molecular formula is C15H21FN2O2. The Morgan fingerprint density at radius 3 is 2.95 bits per heavy atom. The van der Waals surface area contributed by atoms with Crippen LogP contribution in [0.1, 0.15) is 37.7 Å². The minimum Gasteiger partial charge on any atom is -0.391 e. The quantitative estimate of drug-likeness (QED) is 0.747. The van der Waals surface area contributed by atoms with Gasteiger partial charge in [0, 0.05) is 18.5 Å². The van der Waals surface area contributed by atoms with E-state index in [9.17, 15) is 14.3 Å². The molecule has 3 unspecified atom stereocenters. The molecule has 0 heterocycles. The van der Waals surface area contributed by atoms with Crippen LogP contribution in [0.2, 0.25) is 0 Å². The van der Waals surface area contributed by atoms with Crippen LogP contribution in [0, 0.1) is 5.82 Å². The van der Waals surface area contributed by atoms with E-state index in [1.807, 2.05) is 6.92 Å². The topological polar surface area (TPSA) is 61.4 Å². The third-order valence-electron chi connectivity index (χ3n) is 3.53. The van der Waals surface area contributed by atoms with E-state index in [2.05, 4.69) is 10.6 Å². The van der Waals surface area contributed by atoms with Crippen LogP contribution >= 0.6 is 0 Å². The molecule has 3 N–H and O–H groups in total. The third kappa shape index (κ3) is 3.93. The fraction of sp³-hybridized carbons (Fsp3) is 0.533. The number of hydrogen-bond acceptors (Lipinski definition) is 2. The molecule has 4 nitrogen and oxygen atoms in total.